The summed E-state index contributed by atoms with van der Waals surface area (Å²) in [5.41, 5.74) is 2.71. The maximum Gasteiger partial charge on any atom is 0.226 e. The lowest BCUT2D eigenvalue weighted by Gasteiger charge is -2.10. The van der Waals surface area contributed by atoms with Gasteiger partial charge in [0.15, 0.2) is 5.75 Å². The molecule has 0 unspecified atom stereocenters. The van der Waals surface area contributed by atoms with E-state index in [1.807, 2.05) is 43.5 Å². The number of hydrogen-bond donors (Lipinski definition) is 1. The zero-order chi connectivity index (χ0) is 15.8. The zero-order valence-electron chi connectivity index (χ0n) is 13.5. The van der Waals surface area contributed by atoms with Crippen LogP contribution in [0.4, 0.5) is 0 Å². The minimum absolute atomic E-state index is 0.0312. The summed E-state index contributed by atoms with van der Waals surface area (Å²) in [4.78, 5) is 15.7. The smallest absolute Gasteiger partial charge is 0.226 e. The van der Waals surface area contributed by atoms with Crippen molar-refractivity contribution in [3.05, 3.63) is 63.6 Å². The first-order valence-corrected chi connectivity index (χ1v) is 8.10. The maximum absolute atomic E-state index is 12.5. The number of aromatic nitrogens is 1. The van der Waals surface area contributed by atoms with Crippen molar-refractivity contribution in [3.8, 4) is 5.75 Å². The normalized spacial score (nSPS) is 10.6. The van der Waals surface area contributed by atoms with Crippen molar-refractivity contribution in [2.45, 2.75) is 52.6 Å². The lowest BCUT2D eigenvalue weighted by Crippen LogP contribution is -2.15. The summed E-state index contributed by atoms with van der Waals surface area (Å²) in [6.45, 7) is 4.49. The van der Waals surface area contributed by atoms with Crippen molar-refractivity contribution in [1.29, 1.82) is 0 Å². The van der Waals surface area contributed by atoms with Gasteiger partial charge in [-0.3, -0.25) is 4.79 Å². The number of benzene rings is 1. The molecule has 0 amide bonds. The Balaban J connectivity index is 2.05. The third-order valence-electron chi connectivity index (χ3n) is 3.83. The fourth-order valence-electron chi connectivity index (χ4n) is 2.47. The Labute approximate surface area is 132 Å². The SMILES string of the molecule is CCCCCCc1c[nH]c(C)c(OCc2ccccc2)c1=O. The van der Waals surface area contributed by atoms with Crippen molar-refractivity contribution in [2.24, 2.45) is 0 Å². The lowest BCUT2D eigenvalue weighted by atomic mass is 10.1. The number of rotatable bonds is 8. The van der Waals surface area contributed by atoms with Crippen molar-refractivity contribution in [1.82, 2.24) is 4.98 Å². The third-order valence-corrected chi connectivity index (χ3v) is 3.83. The molecule has 22 heavy (non-hydrogen) atoms. The molecule has 0 atom stereocenters. The molecule has 1 aromatic carbocycles. The van der Waals surface area contributed by atoms with Crippen LogP contribution in [0.3, 0.4) is 0 Å². The molecule has 0 spiro atoms. The molecule has 0 saturated carbocycles. The average Bonchev–Trinajstić information content (AvgIpc) is 2.54. The Morgan fingerprint density at radius 1 is 1.09 bits per heavy atom. The van der Waals surface area contributed by atoms with Crippen molar-refractivity contribution >= 4 is 0 Å². The fraction of sp³-hybridized carbons (Fsp3) is 0.421. The van der Waals surface area contributed by atoms with Gasteiger partial charge in [0, 0.05) is 11.8 Å². The average molecular weight is 299 g/mol. The van der Waals surface area contributed by atoms with E-state index in [1.54, 1.807) is 0 Å². The Morgan fingerprint density at radius 3 is 2.59 bits per heavy atom. The van der Waals surface area contributed by atoms with Crippen LogP contribution in [0.2, 0.25) is 0 Å². The molecule has 0 radical (unpaired) electrons. The monoisotopic (exact) mass is 299 g/mol. The standard InChI is InChI=1S/C19H25NO2/c1-3-4-5-9-12-17-13-20-15(2)19(18(17)21)22-14-16-10-7-6-8-11-16/h6-8,10-11,13H,3-5,9,12,14H2,1-2H3,(H,20,21). The highest BCUT2D eigenvalue weighted by molar-refractivity contribution is 5.31. The van der Waals surface area contributed by atoms with Crippen molar-refractivity contribution < 1.29 is 4.74 Å². The second-order valence-electron chi connectivity index (χ2n) is 5.68. The topological polar surface area (TPSA) is 42.1 Å². The Bertz CT molecular complexity index is 632. The number of nitrogens with one attached hydrogen (secondary N) is 1. The number of pyridine rings is 1. The molecule has 118 valence electrons. The van der Waals surface area contributed by atoms with Gasteiger partial charge in [-0.15, -0.1) is 0 Å². The van der Waals surface area contributed by atoms with Crippen LogP contribution in [0.5, 0.6) is 5.75 Å². The van der Waals surface area contributed by atoms with Gasteiger partial charge >= 0.3 is 0 Å². The van der Waals surface area contributed by atoms with E-state index in [0.29, 0.717) is 12.4 Å². The number of aryl methyl sites for hydroxylation is 2. The van der Waals surface area contributed by atoms with Gasteiger partial charge in [0.25, 0.3) is 0 Å². The largest absolute Gasteiger partial charge is 0.483 e. The van der Waals surface area contributed by atoms with Crippen LogP contribution in [0.1, 0.15) is 49.4 Å². The molecule has 2 aromatic rings. The van der Waals surface area contributed by atoms with E-state index < -0.39 is 0 Å². The Morgan fingerprint density at radius 2 is 1.86 bits per heavy atom. The summed E-state index contributed by atoms with van der Waals surface area (Å²) < 4.78 is 5.78. The van der Waals surface area contributed by atoms with Gasteiger partial charge in [0.05, 0.1) is 5.69 Å². The quantitative estimate of drug-likeness (QED) is 0.735. The second kappa shape index (κ2) is 8.42. The number of H-pyrrole nitrogens is 1. The Kier molecular flexibility index (Phi) is 6.26. The van der Waals surface area contributed by atoms with Crippen LogP contribution in [-0.4, -0.2) is 4.98 Å². The molecule has 0 bridgehead atoms. The first-order chi connectivity index (χ1) is 10.7. The van der Waals surface area contributed by atoms with E-state index in [-0.39, 0.29) is 5.43 Å². The molecular weight excluding hydrogens is 274 g/mol. The molecule has 0 fully saturated rings. The molecule has 3 heteroatoms. The first-order valence-electron chi connectivity index (χ1n) is 8.10. The first kappa shape index (κ1) is 16.3. The fourth-order valence-corrected chi connectivity index (χ4v) is 2.47. The van der Waals surface area contributed by atoms with E-state index in [0.717, 1.165) is 29.7 Å². The van der Waals surface area contributed by atoms with Gasteiger partial charge in [-0.25, -0.2) is 0 Å². The van der Waals surface area contributed by atoms with Gasteiger partial charge < -0.3 is 9.72 Å². The molecule has 3 nitrogen and oxygen atoms in total. The summed E-state index contributed by atoms with van der Waals surface area (Å²) in [6, 6.07) is 9.91. The van der Waals surface area contributed by atoms with E-state index in [9.17, 15) is 4.79 Å². The molecule has 1 heterocycles. The summed E-state index contributed by atoms with van der Waals surface area (Å²) in [5, 5.41) is 0. The van der Waals surface area contributed by atoms with Gasteiger partial charge in [-0.1, -0.05) is 56.5 Å². The molecular formula is C19H25NO2. The van der Waals surface area contributed by atoms with Crippen LogP contribution in [0.25, 0.3) is 0 Å². The van der Waals surface area contributed by atoms with Crippen LogP contribution in [0, 0.1) is 6.92 Å². The van der Waals surface area contributed by atoms with Crippen LogP contribution < -0.4 is 10.2 Å². The predicted molar refractivity (Wildman–Crippen MR) is 90.4 cm³/mol. The summed E-state index contributed by atoms with van der Waals surface area (Å²) in [7, 11) is 0. The molecule has 1 N–H and O–H groups in total. The minimum atomic E-state index is 0.0312. The predicted octanol–water partition coefficient (Wildman–Crippen LogP) is 4.39. The summed E-state index contributed by atoms with van der Waals surface area (Å²) >= 11 is 0. The van der Waals surface area contributed by atoms with Gasteiger partial charge in [0.1, 0.15) is 6.61 Å². The van der Waals surface area contributed by atoms with Gasteiger partial charge in [-0.05, 0) is 25.3 Å². The molecule has 0 aliphatic rings. The van der Waals surface area contributed by atoms with Crippen LogP contribution in [0.15, 0.2) is 41.3 Å². The van der Waals surface area contributed by atoms with E-state index in [2.05, 4.69) is 11.9 Å². The van der Waals surface area contributed by atoms with E-state index >= 15 is 0 Å². The van der Waals surface area contributed by atoms with Gasteiger partial charge in [0.2, 0.25) is 5.43 Å². The number of unbranched alkanes of at least 4 members (excludes halogenated alkanes) is 3. The molecule has 1 aromatic heterocycles. The highest BCUT2D eigenvalue weighted by Crippen LogP contribution is 2.14. The molecule has 0 saturated heterocycles. The number of hydrogen-bond acceptors (Lipinski definition) is 2. The lowest BCUT2D eigenvalue weighted by molar-refractivity contribution is 0.299. The minimum Gasteiger partial charge on any atom is -0.483 e. The summed E-state index contributed by atoms with van der Waals surface area (Å²) in [6.07, 6.45) is 7.30. The van der Waals surface area contributed by atoms with E-state index in [1.165, 1.54) is 19.3 Å². The third kappa shape index (κ3) is 4.48. The molecule has 2 rings (SSSR count). The van der Waals surface area contributed by atoms with Crippen molar-refractivity contribution in [3.63, 3.8) is 0 Å². The zero-order valence-corrected chi connectivity index (χ0v) is 13.5. The Hall–Kier alpha value is -2.03. The van der Waals surface area contributed by atoms with Crippen LogP contribution >= 0.6 is 0 Å². The van der Waals surface area contributed by atoms with E-state index in [4.69, 9.17) is 4.74 Å². The van der Waals surface area contributed by atoms with Crippen molar-refractivity contribution in [2.75, 3.05) is 0 Å². The molecule has 0 aliphatic heterocycles. The maximum atomic E-state index is 12.5. The summed E-state index contributed by atoms with van der Waals surface area (Å²) in [5.74, 6) is 0.455. The number of ether oxygens (including phenoxy) is 1. The van der Waals surface area contributed by atoms with Gasteiger partial charge in [-0.2, -0.15) is 0 Å². The highest BCUT2D eigenvalue weighted by Gasteiger charge is 2.10. The molecule has 0 aliphatic carbocycles. The number of aromatic amines is 1. The second-order valence-corrected chi connectivity index (χ2v) is 5.68. The highest BCUT2D eigenvalue weighted by atomic mass is 16.5. The van der Waals surface area contributed by atoms with Crippen LogP contribution in [-0.2, 0) is 13.0 Å².